The topological polar surface area (TPSA) is 61.8 Å². The zero-order valence-electron chi connectivity index (χ0n) is 8.61. The maximum Gasteiger partial charge on any atom is 0.0991 e. The predicted molar refractivity (Wildman–Crippen MR) is 59.0 cm³/mol. The quantitative estimate of drug-likeness (QED) is 0.770. The van der Waals surface area contributed by atoms with Crippen LogP contribution in [-0.2, 0) is 6.54 Å². The molecule has 1 fully saturated rings. The Morgan fingerprint density at radius 1 is 1.47 bits per heavy atom. The number of hydrogen-bond donors (Lipinski definition) is 2. The molecule has 3 N–H and O–H groups in total. The number of hydrogen-bond acceptors (Lipinski definition) is 3. The van der Waals surface area contributed by atoms with Gasteiger partial charge in [0.2, 0.25) is 0 Å². The first kappa shape index (κ1) is 10.2. The summed E-state index contributed by atoms with van der Waals surface area (Å²) in [7, 11) is 0. The molecule has 3 nitrogen and oxygen atoms in total. The van der Waals surface area contributed by atoms with Gasteiger partial charge in [0, 0.05) is 18.6 Å². The summed E-state index contributed by atoms with van der Waals surface area (Å²) in [5.74, 6) is 0. The van der Waals surface area contributed by atoms with E-state index in [1.165, 1.54) is 0 Å². The summed E-state index contributed by atoms with van der Waals surface area (Å²) in [5, 5.41) is 12.2. The highest BCUT2D eigenvalue weighted by Gasteiger charge is 2.24. The van der Waals surface area contributed by atoms with Crippen LogP contribution in [0.4, 0.5) is 0 Å². The van der Waals surface area contributed by atoms with Crippen LogP contribution in [0, 0.1) is 11.3 Å². The van der Waals surface area contributed by atoms with Crippen molar-refractivity contribution in [2.24, 2.45) is 5.73 Å². The molecule has 0 aromatic heterocycles. The molecule has 3 heteroatoms. The molecule has 0 saturated heterocycles. The fourth-order valence-corrected chi connectivity index (χ4v) is 1.84. The summed E-state index contributed by atoms with van der Waals surface area (Å²) in [6, 6.07) is 10.8. The van der Waals surface area contributed by atoms with Crippen molar-refractivity contribution >= 4 is 0 Å². The SMILES string of the molecule is N#Cc1cccc(CNC2CC(N)C2)c1. The lowest BCUT2D eigenvalue weighted by Crippen LogP contribution is -2.48. The van der Waals surface area contributed by atoms with Crippen LogP contribution in [-0.4, -0.2) is 12.1 Å². The summed E-state index contributed by atoms with van der Waals surface area (Å²) in [4.78, 5) is 0. The number of nitriles is 1. The lowest BCUT2D eigenvalue weighted by Gasteiger charge is -2.33. The molecular formula is C12H15N3. The van der Waals surface area contributed by atoms with E-state index in [1.807, 2.05) is 24.3 Å². The summed E-state index contributed by atoms with van der Waals surface area (Å²) >= 11 is 0. The second kappa shape index (κ2) is 4.43. The van der Waals surface area contributed by atoms with E-state index in [0.29, 0.717) is 12.1 Å². The van der Waals surface area contributed by atoms with Gasteiger partial charge in [-0.15, -0.1) is 0 Å². The molecule has 1 aromatic carbocycles. The third kappa shape index (κ3) is 2.56. The Balaban J connectivity index is 1.86. The van der Waals surface area contributed by atoms with E-state index in [-0.39, 0.29) is 0 Å². The number of benzene rings is 1. The Bertz CT molecular complexity index is 375. The monoisotopic (exact) mass is 201 g/mol. The van der Waals surface area contributed by atoms with Gasteiger partial charge in [0.05, 0.1) is 11.6 Å². The third-order valence-electron chi connectivity index (χ3n) is 2.83. The second-order valence-corrected chi connectivity index (χ2v) is 4.12. The van der Waals surface area contributed by atoms with Crippen molar-refractivity contribution in [3.05, 3.63) is 35.4 Å². The Labute approximate surface area is 89.9 Å². The van der Waals surface area contributed by atoms with Gasteiger partial charge in [-0.25, -0.2) is 0 Å². The highest BCUT2D eigenvalue weighted by molar-refractivity contribution is 5.32. The predicted octanol–water partition coefficient (Wildman–Crippen LogP) is 1.14. The number of nitrogens with zero attached hydrogens (tertiary/aromatic N) is 1. The van der Waals surface area contributed by atoms with Crippen LogP contribution in [0.1, 0.15) is 24.0 Å². The van der Waals surface area contributed by atoms with Crippen LogP contribution in [0.3, 0.4) is 0 Å². The van der Waals surface area contributed by atoms with E-state index in [4.69, 9.17) is 11.0 Å². The molecule has 0 heterocycles. The lowest BCUT2D eigenvalue weighted by atomic mass is 9.87. The van der Waals surface area contributed by atoms with Crippen LogP contribution >= 0.6 is 0 Å². The summed E-state index contributed by atoms with van der Waals surface area (Å²) in [5.41, 5.74) is 7.58. The molecule has 1 aromatic rings. The first-order valence-corrected chi connectivity index (χ1v) is 5.26. The molecule has 0 unspecified atom stereocenters. The number of nitrogens with two attached hydrogens (primary N) is 1. The van der Waals surface area contributed by atoms with Crippen LogP contribution in [0.5, 0.6) is 0 Å². The van der Waals surface area contributed by atoms with Gasteiger partial charge in [0.25, 0.3) is 0 Å². The minimum atomic E-state index is 0.382. The van der Waals surface area contributed by atoms with Gasteiger partial charge in [0.15, 0.2) is 0 Å². The zero-order valence-corrected chi connectivity index (χ0v) is 8.61. The maximum absolute atomic E-state index is 8.74. The molecule has 2 rings (SSSR count). The van der Waals surface area contributed by atoms with Crippen molar-refractivity contribution in [3.8, 4) is 6.07 Å². The fourth-order valence-electron chi connectivity index (χ4n) is 1.84. The summed E-state index contributed by atoms with van der Waals surface area (Å²) < 4.78 is 0. The molecule has 78 valence electrons. The number of rotatable bonds is 3. The van der Waals surface area contributed by atoms with Crippen LogP contribution < -0.4 is 11.1 Å². The smallest absolute Gasteiger partial charge is 0.0991 e. The van der Waals surface area contributed by atoms with Gasteiger partial charge in [-0.1, -0.05) is 12.1 Å². The Hall–Kier alpha value is -1.37. The average molecular weight is 201 g/mol. The van der Waals surface area contributed by atoms with Gasteiger partial charge in [-0.3, -0.25) is 0 Å². The Morgan fingerprint density at radius 3 is 2.93 bits per heavy atom. The molecule has 0 spiro atoms. The molecular weight excluding hydrogens is 186 g/mol. The normalized spacial score (nSPS) is 24.3. The highest BCUT2D eigenvalue weighted by Crippen LogP contribution is 2.17. The Morgan fingerprint density at radius 2 is 2.27 bits per heavy atom. The van der Waals surface area contributed by atoms with E-state index < -0.39 is 0 Å². The van der Waals surface area contributed by atoms with Crippen molar-refractivity contribution in [2.45, 2.75) is 31.5 Å². The van der Waals surface area contributed by atoms with Crippen molar-refractivity contribution in [2.75, 3.05) is 0 Å². The van der Waals surface area contributed by atoms with E-state index in [0.717, 1.165) is 30.5 Å². The first-order chi connectivity index (χ1) is 7.28. The van der Waals surface area contributed by atoms with Crippen molar-refractivity contribution < 1.29 is 0 Å². The molecule has 0 atom stereocenters. The van der Waals surface area contributed by atoms with Crippen LogP contribution in [0.25, 0.3) is 0 Å². The number of nitrogens with one attached hydrogen (secondary N) is 1. The molecule has 0 bridgehead atoms. The lowest BCUT2D eigenvalue weighted by molar-refractivity contribution is 0.291. The van der Waals surface area contributed by atoms with Crippen molar-refractivity contribution in [1.82, 2.24) is 5.32 Å². The molecule has 0 amide bonds. The van der Waals surface area contributed by atoms with Gasteiger partial charge < -0.3 is 11.1 Å². The van der Waals surface area contributed by atoms with Crippen LogP contribution in [0.15, 0.2) is 24.3 Å². The van der Waals surface area contributed by atoms with E-state index in [2.05, 4.69) is 11.4 Å². The van der Waals surface area contributed by atoms with Gasteiger partial charge in [-0.05, 0) is 30.5 Å². The first-order valence-electron chi connectivity index (χ1n) is 5.26. The minimum absolute atomic E-state index is 0.382. The van der Waals surface area contributed by atoms with E-state index in [9.17, 15) is 0 Å². The van der Waals surface area contributed by atoms with Crippen molar-refractivity contribution in [1.29, 1.82) is 5.26 Å². The van der Waals surface area contributed by atoms with E-state index >= 15 is 0 Å². The van der Waals surface area contributed by atoms with Gasteiger partial charge >= 0.3 is 0 Å². The standard InChI is InChI=1S/C12H15N3/c13-7-9-2-1-3-10(4-9)8-15-12-5-11(14)6-12/h1-4,11-12,15H,5-6,8,14H2. The Kier molecular flexibility index (Phi) is 3.00. The fraction of sp³-hybridized carbons (Fsp3) is 0.417. The van der Waals surface area contributed by atoms with Gasteiger partial charge in [0.1, 0.15) is 0 Å². The van der Waals surface area contributed by atoms with E-state index in [1.54, 1.807) is 0 Å². The minimum Gasteiger partial charge on any atom is -0.328 e. The second-order valence-electron chi connectivity index (χ2n) is 4.12. The zero-order chi connectivity index (χ0) is 10.7. The molecule has 15 heavy (non-hydrogen) atoms. The third-order valence-corrected chi connectivity index (χ3v) is 2.83. The summed E-state index contributed by atoms with van der Waals surface area (Å²) in [6.45, 7) is 0.826. The highest BCUT2D eigenvalue weighted by atomic mass is 14.9. The largest absolute Gasteiger partial charge is 0.328 e. The molecule has 1 aliphatic carbocycles. The molecule has 1 saturated carbocycles. The molecule has 0 radical (unpaired) electrons. The van der Waals surface area contributed by atoms with Gasteiger partial charge in [-0.2, -0.15) is 5.26 Å². The molecule has 1 aliphatic rings. The molecule has 0 aliphatic heterocycles. The maximum atomic E-state index is 8.74. The average Bonchev–Trinajstić information content (AvgIpc) is 2.23. The van der Waals surface area contributed by atoms with Crippen LogP contribution in [0.2, 0.25) is 0 Å². The van der Waals surface area contributed by atoms with Crippen molar-refractivity contribution in [3.63, 3.8) is 0 Å². The summed E-state index contributed by atoms with van der Waals surface area (Å²) in [6.07, 6.45) is 2.13.